The van der Waals surface area contributed by atoms with Crippen LogP contribution < -0.4 is 0 Å². The van der Waals surface area contributed by atoms with Crippen LogP contribution in [0.1, 0.15) is 23.4 Å². The molecular formula is C14H17N3O2. The third kappa shape index (κ3) is 2.81. The number of ether oxygens (including phenoxy) is 1. The van der Waals surface area contributed by atoms with Gasteiger partial charge in [-0.2, -0.15) is 5.10 Å². The Morgan fingerprint density at radius 2 is 2.16 bits per heavy atom. The Labute approximate surface area is 112 Å². The van der Waals surface area contributed by atoms with Gasteiger partial charge in [-0.1, -0.05) is 6.07 Å². The van der Waals surface area contributed by atoms with Crippen LogP contribution in [0.15, 0.2) is 24.4 Å². The topological polar surface area (TPSA) is 57.0 Å². The van der Waals surface area contributed by atoms with Gasteiger partial charge in [-0.3, -0.25) is 4.79 Å². The van der Waals surface area contributed by atoms with Crippen molar-refractivity contribution in [2.45, 2.75) is 26.7 Å². The van der Waals surface area contributed by atoms with E-state index in [0.717, 1.165) is 22.8 Å². The van der Waals surface area contributed by atoms with E-state index >= 15 is 0 Å². The van der Waals surface area contributed by atoms with Gasteiger partial charge in [0.1, 0.15) is 0 Å². The van der Waals surface area contributed by atoms with Crippen LogP contribution in [-0.4, -0.2) is 27.8 Å². The molecule has 0 bridgehead atoms. The molecule has 0 aliphatic heterocycles. The van der Waals surface area contributed by atoms with Crippen molar-refractivity contribution in [3.05, 3.63) is 41.3 Å². The first-order valence-electron chi connectivity index (χ1n) is 6.16. The van der Waals surface area contributed by atoms with Gasteiger partial charge in [0.2, 0.25) is 0 Å². The summed E-state index contributed by atoms with van der Waals surface area (Å²) in [6.45, 7) is 3.93. The molecule has 0 aromatic carbocycles. The lowest BCUT2D eigenvalue weighted by Gasteiger charge is -2.04. The minimum Gasteiger partial charge on any atom is -0.469 e. The fraction of sp³-hybridized carbons (Fsp3) is 0.357. The number of aromatic nitrogens is 3. The van der Waals surface area contributed by atoms with Crippen LogP contribution >= 0.6 is 0 Å². The molecule has 0 saturated heterocycles. The van der Waals surface area contributed by atoms with E-state index in [2.05, 4.69) is 14.8 Å². The van der Waals surface area contributed by atoms with Gasteiger partial charge < -0.3 is 4.74 Å². The minimum absolute atomic E-state index is 0.204. The monoisotopic (exact) mass is 259 g/mol. The average molecular weight is 259 g/mol. The van der Waals surface area contributed by atoms with E-state index in [9.17, 15) is 4.79 Å². The molecule has 100 valence electrons. The summed E-state index contributed by atoms with van der Waals surface area (Å²) in [5, 5.41) is 4.49. The lowest BCUT2D eigenvalue weighted by molar-refractivity contribution is -0.140. The van der Waals surface area contributed by atoms with Crippen LogP contribution in [0.2, 0.25) is 0 Å². The zero-order chi connectivity index (χ0) is 13.8. The van der Waals surface area contributed by atoms with Crippen LogP contribution in [0.3, 0.4) is 0 Å². The van der Waals surface area contributed by atoms with Crippen LogP contribution in [0.25, 0.3) is 5.82 Å². The van der Waals surface area contributed by atoms with Gasteiger partial charge in [0.05, 0.1) is 12.8 Å². The van der Waals surface area contributed by atoms with Gasteiger partial charge in [-0.05, 0) is 38.0 Å². The molecule has 5 heteroatoms. The van der Waals surface area contributed by atoms with Gasteiger partial charge in [-0.15, -0.1) is 0 Å². The fourth-order valence-corrected chi connectivity index (χ4v) is 2.07. The molecule has 19 heavy (non-hydrogen) atoms. The average Bonchev–Trinajstić information content (AvgIpc) is 2.72. The van der Waals surface area contributed by atoms with E-state index in [-0.39, 0.29) is 5.97 Å². The number of carbonyl (C=O) groups excluding carboxylic acids is 1. The number of carbonyl (C=O) groups is 1. The molecule has 0 aliphatic carbocycles. The molecule has 2 aromatic heterocycles. The molecule has 0 spiro atoms. The Balaban J connectivity index is 2.27. The Kier molecular flexibility index (Phi) is 3.94. The van der Waals surface area contributed by atoms with Crippen molar-refractivity contribution in [3.63, 3.8) is 0 Å². The Hall–Kier alpha value is -2.17. The Morgan fingerprint density at radius 3 is 2.79 bits per heavy atom. The molecule has 2 rings (SSSR count). The molecule has 0 atom stereocenters. The van der Waals surface area contributed by atoms with Crippen LogP contribution in [-0.2, 0) is 16.0 Å². The molecule has 2 aromatic rings. The summed E-state index contributed by atoms with van der Waals surface area (Å²) in [7, 11) is 1.40. The molecule has 0 aliphatic rings. The van der Waals surface area contributed by atoms with E-state index in [4.69, 9.17) is 0 Å². The van der Waals surface area contributed by atoms with E-state index in [0.29, 0.717) is 12.8 Å². The van der Waals surface area contributed by atoms with Crippen molar-refractivity contribution < 1.29 is 9.53 Å². The highest BCUT2D eigenvalue weighted by Crippen LogP contribution is 2.18. The molecule has 0 unspecified atom stereocenters. The molecule has 2 heterocycles. The molecule has 0 radical (unpaired) electrons. The molecule has 0 N–H and O–H groups in total. The van der Waals surface area contributed by atoms with Gasteiger partial charge in [-0.25, -0.2) is 9.67 Å². The predicted octanol–water partition coefficient (Wildman–Crippen LogP) is 1.99. The first-order chi connectivity index (χ1) is 9.13. The zero-order valence-corrected chi connectivity index (χ0v) is 11.4. The molecule has 0 fully saturated rings. The second-order valence-electron chi connectivity index (χ2n) is 4.33. The summed E-state index contributed by atoms with van der Waals surface area (Å²) in [6.07, 6.45) is 2.74. The van der Waals surface area contributed by atoms with Crippen molar-refractivity contribution in [2.75, 3.05) is 7.11 Å². The summed E-state index contributed by atoms with van der Waals surface area (Å²) in [6, 6.07) is 5.70. The number of methoxy groups -OCH3 is 1. The lowest BCUT2D eigenvalue weighted by Crippen LogP contribution is -2.04. The quantitative estimate of drug-likeness (QED) is 0.788. The SMILES string of the molecule is COC(=O)CCc1c(C)nn(-c2ccccn2)c1C. The second-order valence-corrected chi connectivity index (χ2v) is 4.33. The first kappa shape index (κ1) is 13.3. The van der Waals surface area contributed by atoms with Crippen molar-refractivity contribution in [2.24, 2.45) is 0 Å². The largest absolute Gasteiger partial charge is 0.469 e. The number of rotatable bonds is 4. The summed E-state index contributed by atoms with van der Waals surface area (Å²) in [5.74, 6) is 0.580. The third-order valence-corrected chi connectivity index (χ3v) is 3.11. The Bertz CT molecular complexity index is 576. The summed E-state index contributed by atoms with van der Waals surface area (Å²) < 4.78 is 6.47. The summed E-state index contributed by atoms with van der Waals surface area (Å²) in [5.41, 5.74) is 3.02. The number of nitrogens with zero attached hydrogens (tertiary/aromatic N) is 3. The van der Waals surface area contributed by atoms with Gasteiger partial charge in [0.25, 0.3) is 0 Å². The standard InChI is InChI=1S/C14H17N3O2/c1-10-12(7-8-14(18)19-3)11(2)17(16-10)13-6-4-5-9-15-13/h4-6,9H,7-8H2,1-3H3. The van der Waals surface area contributed by atoms with Gasteiger partial charge in [0, 0.05) is 18.3 Å². The normalized spacial score (nSPS) is 10.5. The van der Waals surface area contributed by atoms with Crippen molar-refractivity contribution in [1.82, 2.24) is 14.8 Å². The van der Waals surface area contributed by atoms with Gasteiger partial charge in [0.15, 0.2) is 5.82 Å². The van der Waals surface area contributed by atoms with Crippen LogP contribution in [0, 0.1) is 13.8 Å². The molecule has 0 saturated carbocycles. The van der Waals surface area contributed by atoms with Crippen molar-refractivity contribution in [1.29, 1.82) is 0 Å². The number of pyridine rings is 1. The Morgan fingerprint density at radius 1 is 1.37 bits per heavy atom. The minimum atomic E-state index is -0.204. The summed E-state index contributed by atoms with van der Waals surface area (Å²) >= 11 is 0. The molecule has 5 nitrogen and oxygen atoms in total. The van der Waals surface area contributed by atoms with Gasteiger partial charge >= 0.3 is 5.97 Å². The fourth-order valence-electron chi connectivity index (χ4n) is 2.07. The highest BCUT2D eigenvalue weighted by molar-refractivity contribution is 5.69. The highest BCUT2D eigenvalue weighted by atomic mass is 16.5. The molecular weight excluding hydrogens is 242 g/mol. The maximum atomic E-state index is 11.2. The van der Waals surface area contributed by atoms with Crippen molar-refractivity contribution in [3.8, 4) is 5.82 Å². The maximum absolute atomic E-state index is 11.2. The third-order valence-electron chi connectivity index (χ3n) is 3.11. The molecule has 0 amide bonds. The number of hydrogen-bond donors (Lipinski definition) is 0. The predicted molar refractivity (Wildman–Crippen MR) is 71.2 cm³/mol. The second kappa shape index (κ2) is 5.65. The highest BCUT2D eigenvalue weighted by Gasteiger charge is 2.14. The van der Waals surface area contributed by atoms with Crippen molar-refractivity contribution >= 4 is 5.97 Å². The number of esters is 1. The first-order valence-corrected chi connectivity index (χ1v) is 6.16. The van der Waals surface area contributed by atoms with E-state index in [1.54, 1.807) is 6.20 Å². The maximum Gasteiger partial charge on any atom is 0.305 e. The zero-order valence-electron chi connectivity index (χ0n) is 11.4. The number of aryl methyl sites for hydroxylation is 1. The van der Waals surface area contributed by atoms with E-state index < -0.39 is 0 Å². The summed E-state index contributed by atoms with van der Waals surface area (Å²) in [4.78, 5) is 15.5. The van der Waals surface area contributed by atoms with E-state index in [1.165, 1.54) is 7.11 Å². The van der Waals surface area contributed by atoms with Crippen LogP contribution in [0.5, 0.6) is 0 Å². The van der Waals surface area contributed by atoms with E-state index in [1.807, 2.05) is 36.7 Å². The smallest absolute Gasteiger partial charge is 0.305 e. The lowest BCUT2D eigenvalue weighted by atomic mass is 10.1. The van der Waals surface area contributed by atoms with Crippen LogP contribution in [0.4, 0.5) is 0 Å². The number of hydrogen-bond acceptors (Lipinski definition) is 4.